The normalized spacial score (nSPS) is 48.5. The van der Waals surface area contributed by atoms with Crippen LogP contribution < -0.4 is 0 Å². The molecule has 0 N–H and O–H groups in total. The van der Waals surface area contributed by atoms with Gasteiger partial charge < -0.3 is 0 Å². The van der Waals surface area contributed by atoms with Crippen molar-refractivity contribution < 1.29 is 0 Å². The molecule has 3 rings (SSSR count). The first kappa shape index (κ1) is 16.3. The molecule has 3 saturated carbocycles. The summed E-state index contributed by atoms with van der Waals surface area (Å²) >= 11 is 0. The maximum Gasteiger partial charge on any atom is -0.00907 e. The highest BCUT2D eigenvalue weighted by atomic mass is 14.6. The predicted molar refractivity (Wildman–Crippen MR) is 96.7 cm³/mol. The zero-order valence-electron chi connectivity index (χ0n) is 15.4. The van der Waals surface area contributed by atoms with Gasteiger partial charge >= 0.3 is 0 Å². The first-order chi connectivity index (χ1) is 10.3. The van der Waals surface area contributed by atoms with Gasteiger partial charge in [-0.05, 0) is 73.5 Å². The Morgan fingerprint density at radius 3 is 2.55 bits per heavy atom. The second-order valence-electron chi connectivity index (χ2n) is 9.19. The maximum absolute atomic E-state index is 4.57. The molecule has 0 bridgehead atoms. The highest BCUT2D eigenvalue weighted by Gasteiger charge is 2.56. The van der Waals surface area contributed by atoms with Crippen LogP contribution in [0.4, 0.5) is 0 Å². The molecule has 4 unspecified atom stereocenters. The molecule has 124 valence electrons. The van der Waals surface area contributed by atoms with E-state index in [0.717, 1.165) is 23.7 Å². The van der Waals surface area contributed by atoms with E-state index in [0.29, 0.717) is 10.8 Å². The molecule has 0 aliphatic heterocycles. The molecule has 0 amide bonds. The van der Waals surface area contributed by atoms with Crippen molar-refractivity contribution in [3.8, 4) is 0 Å². The van der Waals surface area contributed by atoms with E-state index >= 15 is 0 Å². The Morgan fingerprint density at radius 2 is 1.91 bits per heavy atom. The quantitative estimate of drug-likeness (QED) is 0.493. The van der Waals surface area contributed by atoms with Gasteiger partial charge in [-0.2, -0.15) is 0 Å². The van der Waals surface area contributed by atoms with Crippen molar-refractivity contribution in [2.75, 3.05) is 0 Å². The molecule has 3 aliphatic carbocycles. The van der Waals surface area contributed by atoms with E-state index in [1.165, 1.54) is 56.9 Å². The van der Waals surface area contributed by atoms with E-state index in [-0.39, 0.29) is 0 Å². The van der Waals surface area contributed by atoms with Crippen LogP contribution in [-0.2, 0) is 0 Å². The van der Waals surface area contributed by atoms with Crippen molar-refractivity contribution in [1.82, 2.24) is 0 Å². The smallest absolute Gasteiger partial charge is 0.00907 e. The fourth-order valence-corrected chi connectivity index (χ4v) is 6.91. The van der Waals surface area contributed by atoms with E-state index in [1.807, 2.05) is 0 Å². The van der Waals surface area contributed by atoms with E-state index in [9.17, 15) is 0 Å². The molecule has 0 aromatic carbocycles. The van der Waals surface area contributed by atoms with E-state index in [4.69, 9.17) is 0 Å². The predicted octanol–water partition coefficient (Wildman–Crippen LogP) is 6.78. The summed E-state index contributed by atoms with van der Waals surface area (Å²) in [5, 5.41) is 0. The second kappa shape index (κ2) is 5.53. The van der Waals surface area contributed by atoms with Crippen molar-refractivity contribution in [1.29, 1.82) is 0 Å². The Bertz CT molecular complexity index is 472. The Balaban J connectivity index is 1.97. The van der Waals surface area contributed by atoms with Crippen LogP contribution in [0.15, 0.2) is 24.3 Å². The van der Waals surface area contributed by atoms with Gasteiger partial charge in [0, 0.05) is 0 Å². The van der Waals surface area contributed by atoms with Crippen molar-refractivity contribution in [3.05, 3.63) is 24.3 Å². The zero-order valence-corrected chi connectivity index (χ0v) is 15.4. The number of rotatable bonds is 2. The highest BCUT2D eigenvalue weighted by Crippen LogP contribution is 2.65. The Morgan fingerprint density at radius 1 is 1.18 bits per heavy atom. The first-order valence-electron chi connectivity index (χ1n) is 9.68. The Kier molecular flexibility index (Phi) is 4.11. The summed E-state index contributed by atoms with van der Waals surface area (Å²) in [6, 6.07) is 0. The van der Waals surface area contributed by atoms with Crippen LogP contribution in [0.3, 0.4) is 0 Å². The van der Waals surface area contributed by atoms with Crippen molar-refractivity contribution in [3.63, 3.8) is 0 Å². The standard InChI is InChI=1S/C22H36/c1-7-18-17-14-16(4)19-10-8-9-12-22(19,6)20(17)11-13-21(18,5)15(2)3/h17-20H,2,4,7-14H2,1,3,5-6H3/t17?,18?,19?,20?,21-,22+/m1/s1. The van der Waals surface area contributed by atoms with Crippen LogP contribution in [0.2, 0.25) is 0 Å². The molecule has 22 heavy (non-hydrogen) atoms. The van der Waals surface area contributed by atoms with Crippen LogP contribution >= 0.6 is 0 Å². The molecule has 0 radical (unpaired) electrons. The van der Waals surface area contributed by atoms with Crippen LogP contribution in [0, 0.1) is 34.5 Å². The average Bonchev–Trinajstić information content (AvgIpc) is 2.46. The van der Waals surface area contributed by atoms with Crippen molar-refractivity contribution in [2.45, 2.75) is 79.1 Å². The molecule has 0 saturated heterocycles. The third-order valence-electron chi connectivity index (χ3n) is 8.33. The average molecular weight is 301 g/mol. The van der Waals surface area contributed by atoms with E-state index < -0.39 is 0 Å². The molecule has 0 spiro atoms. The van der Waals surface area contributed by atoms with Gasteiger partial charge in [-0.1, -0.05) is 64.3 Å². The highest BCUT2D eigenvalue weighted by molar-refractivity contribution is 5.21. The third kappa shape index (κ3) is 2.16. The molecular formula is C22H36. The van der Waals surface area contributed by atoms with Crippen molar-refractivity contribution >= 4 is 0 Å². The summed E-state index contributed by atoms with van der Waals surface area (Å²) in [6.07, 6.45) is 11.1. The minimum atomic E-state index is 0.355. The number of allylic oxidation sites excluding steroid dienone is 2. The molecule has 6 atom stereocenters. The lowest BCUT2D eigenvalue weighted by molar-refractivity contribution is -0.0811. The molecule has 3 aliphatic rings. The van der Waals surface area contributed by atoms with Gasteiger partial charge in [-0.15, -0.1) is 0 Å². The summed E-state index contributed by atoms with van der Waals surface area (Å²) < 4.78 is 0. The molecule has 0 nitrogen and oxygen atoms in total. The number of fused-ring (bicyclic) bond motifs is 3. The minimum Gasteiger partial charge on any atom is -0.0996 e. The van der Waals surface area contributed by atoms with Gasteiger partial charge in [0.25, 0.3) is 0 Å². The van der Waals surface area contributed by atoms with Gasteiger partial charge in [0.05, 0.1) is 0 Å². The van der Waals surface area contributed by atoms with Gasteiger partial charge in [-0.3, -0.25) is 0 Å². The molecule has 3 fully saturated rings. The topological polar surface area (TPSA) is 0 Å². The summed E-state index contributed by atoms with van der Waals surface area (Å²) in [5.41, 5.74) is 3.91. The van der Waals surface area contributed by atoms with Crippen LogP contribution in [0.1, 0.15) is 79.1 Å². The third-order valence-corrected chi connectivity index (χ3v) is 8.33. The first-order valence-corrected chi connectivity index (χ1v) is 9.68. The van der Waals surface area contributed by atoms with Crippen molar-refractivity contribution in [2.24, 2.45) is 34.5 Å². The van der Waals surface area contributed by atoms with E-state index in [1.54, 1.807) is 5.57 Å². The van der Waals surface area contributed by atoms with Crippen LogP contribution in [0.5, 0.6) is 0 Å². The van der Waals surface area contributed by atoms with E-state index in [2.05, 4.69) is 40.9 Å². The largest absolute Gasteiger partial charge is 0.0996 e. The Hall–Kier alpha value is -0.520. The minimum absolute atomic E-state index is 0.355. The SMILES string of the molecule is C=C1CC2C(CC[C@](C)(C(=C)C)C2CC)[C@@]2(C)CCCCC12. The summed E-state index contributed by atoms with van der Waals surface area (Å²) in [7, 11) is 0. The second-order valence-corrected chi connectivity index (χ2v) is 9.19. The summed E-state index contributed by atoms with van der Waals surface area (Å²) in [6.45, 7) is 18.8. The lowest BCUT2D eigenvalue weighted by Gasteiger charge is -2.61. The molecule has 0 heterocycles. The zero-order chi connectivity index (χ0) is 16.1. The van der Waals surface area contributed by atoms with Crippen LogP contribution in [0.25, 0.3) is 0 Å². The monoisotopic (exact) mass is 300 g/mol. The molecule has 0 heteroatoms. The lowest BCUT2D eigenvalue weighted by atomic mass is 9.43. The van der Waals surface area contributed by atoms with Gasteiger partial charge in [-0.25, -0.2) is 0 Å². The van der Waals surface area contributed by atoms with Gasteiger partial charge in [0.15, 0.2) is 0 Å². The molecule has 0 aromatic rings. The summed E-state index contributed by atoms with van der Waals surface area (Å²) in [4.78, 5) is 0. The molecular weight excluding hydrogens is 264 g/mol. The van der Waals surface area contributed by atoms with Crippen LogP contribution in [-0.4, -0.2) is 0 Å². The van der Waals surface area contributed by atoms with Gasteiger partial charge in [0.2, 0.25) is 0 Å². The fourth-order valence-electron chi connectivity index (χ4n) is 6.91. The number of hydrogen-bond donors (Lipinski definition) is 0. The number of hydrogen-bond acceptors (Lipinski definition) is 0. The lowest BCUT2D eigenvalue weighted by Crippen LogP contribution is -2.53. The maximum atomic E-state index is 4.57. The fraction of sp³-hybridized carbons (Fsp3) is 0.818. The Labute approximate surface area is 138 Å². The summed E-state index contributed by atoms with van der Waals surface area (Å²) in [5.74, 6) is 3.40. The molecule has 0 aromatic heterocycles. The van der Waals surface area contributed by atoms with Gasteiger partial charge in [0.1, 0.15) is 0 Å².